The minimum absolute atomic E-state index is 0.139. The third kappa shape index (κ3) is 4.34. The summed E-state index contributed by atoms with van der Waals surface area (Å²) >= 11 is 0. The molecule has 0 saturated carbocycles. The summed E-state index contributed by atoms with van der Waals surface area (Å²) in [4.78, 5) is 3.60. The molecule has 0 radical (unpaired) electrons. The van der Waals surface area contributed by atoms with Crippen LogP contribution in [0.3, 0.4) is 0 Å². The fourth-order valence-corrected chi connectivity index (χ4v) is 0.796. The first-order chi connectivity index (χ1) is 7.51. The minimum atomic E-state index is -4.39. The SMILES string of the molecule is N#CC#Cc1ccc(OCC(F)(F)F)nc1. The predicted octanol–water partition coefficient (Wildman–Crippen LogP) is 1.90. The van der Waals surface area contributed by atoms with Gasteiger partial charge in [0.2, 0.25) is 5.88 Å². The van der Waals surface area contributed by atoms with E-state index in [0.717, 1.165) is 0 Å². The van der Waals surface area contributed by atoms with E-state index in [0.29, 0.717) is 5.56 Å². The predicted molar refractivity (Wildman–Crippen MR) is 48.3 cm³/mol. The lowest BCUT2D eigenvalue weighted by atomic mass is 10.3. The number of pyridine rings is 1. The molecule has 0 aliphatic carbocycles. The molecular formula is C10H5F3N2O. The summed E-state index contributed by atoms with van der Waals surface area (Å²) in [6, 6.07) is 4.28. The third-order valence-electron chi connectivity index (χ3n) is 1.38. The van der Waals surface area contributed by atoms with Crippen molar-refractivity contribution < 1.29 is 17.9 Å². The Morgan fingerprint density at radius 2 is 2.12 bits per heavy atom. The normalized spacial score (nSPS) is 9.88. The Bertz CT molecular complexity index is 448. The molecule has 0 N–H and O–H groups in total. The maximum Gasteiger partial charge on any atom is 0.422 e. The van der Waals surface area contributed by atoms with Gasteiger partial charge in [-0.25, -0.2) is 4.98 Å². The first kappa shape index (κ1) is 11.9. The number of alkyl halides is 3. The van der Waals surface area contributed by atoms with Crippen LogP contribution in [0.4, 0.5) is 13.2 Å². The van der Waals surface area contributed by atoms with E-state index in [1.165, 1.54) is 18.3 Å². The highest BCUT2D eigenvalue weighted by Gasteiger charge is 2.28. The van der Waals surface area contributed by atoms with Gasteiger partial charge in [0.15, 0.2) is 12.7 Å². The lowest BCUT2D eigenvalue weighted by molar-refractivity contribution is -0.154. The van der Waals surface area contributed by atoms with Crippen LogP contribution in [0.25, 0.3) is 0 Å². The molecule has 0 aromatic carbocycles. The van der Waals surface area contributed by atoms with Gasteiger partial charge < -0.3 is 4.74 Å². The van der Waals surface area contributed by atoms with E-state index >= 15 is 0 Å². The molecule has 0 amide bonds. The van der Waals surface area contributed by atoms with Crippen LogP contribution < -0.4 is 4.74 Å². The summed E-state index contributed by atoms with van der Waals surface area (Å²) in [5.41, 5.74) is 0.431. The van der Waals surface area contributed by atoms with Gasteiger partial charge in [0.25, 0.3) is 0 Å². The van der Waals surface area contributed by atoms with E-state index in [9.17, 15) is 13.2 Å². The molecule has 1 aromatic rings. The third-order valence-corrected chi connectivity index (χ3v) is 1.38. The zero-order valence-electron chi connectivity index (χ0n) is 7.88. The molecule has 0 aliphatic rings. The summed E-state index contributed by atoms with van der Waals surface area (Å²) in [5.74, 6) is 4.44. The van der Waals surface area contributed by atoms with Crippen molar-refractivity contribution in [1.82, 2.24) is 4.98 Å². The smallest absolute Gasteiger partial charge is 0.422 e. The van der Waals surface area contributed by atoms with Crippen LogP contribution in [-0.4, -0.2) is 17.8 Å². The summed E-state index contributed by atoms with van der Waals surface area (Å²) < 4.78 is 39.7. The van der Waals surface area contributed by atoms with Gasteiger partial charge in [0, 0.05) is 23.7 Å². The summed E-state index contributed by atoms with van der Waals surface area (Å²) in [5, 5.41) is 8.16. The lowest BCUT2D eigenvalue weighted by Gasteiger charge is -2.07. The Balaban J connectivity index is 2.62. The molecule has 0 fully saturated rings. The largest absolute Gasteiger partial charge is 0.468 e. The molecule has 1 aromatic heterocycles. The second kappa shape index (κ2) is 5.04. The summed E-state index contributed by atoms with van der Waals surface area (Å²) in [7, 11) is 0. The van der Waals surface area contributed by atoms with Crippen molar-refractivity contribution in [3.8, 4) is 23.8 Å². The Labute approximate surface area is 89.5 Å². The molecule has 3 nitrogen and oxygen atoms in total. The molecule has 0 aliphatic heterocycles. The maximum absolute atomic E-state index is 11.8. The Morgan fingerprint density at radius 3 is 2.62 bits per heavy atom. The number of halogens is 3. The van der Waals surface area contributed by atoms with E-state index in [1.54, 1.807) is 6.07 Å². The van der Waals surface area contributed by atoms with Crippen LogP contribution in [0, 0.1) is 23.2 Å². The number of nitriles is 1. The van der Waals surface area contributed by atoms with Crippen molar-refractivity contribution in [2.45, 2.75) is 6.18 Å². The molecule has 6 heteroatoms. The first-order valence-electron chi connectivity index (χ1n) is 4.07. The molecule has 1 heterocycles. The van der Waals surface area contributed by atoms with E-state index < -0.39 is 12.8 Å². The van der Waals surface area contributed by atoms with Crippen LogP contribution in [-0.2, 0) is 0 Å². The van der Waals surface area contributed by atoms with Crippen LogP contribution in [0.1, 0.15) is 5.56 Å². The number of hydrogen-bond donors (Lipinski definition) is 0. The van der Waals surface area contributed by atoms with E-state index in [1.807, 2.05) is 0 Å². The highest BCUT2D eigenvalue weighted by atomic mass is 19.4. The van der Waals surface area contributed by atoms with E-state index in [2.05, 4.69) is 21.6 Å². The average Bonchev–Trinajstić information content (AvgIpc) is 2.24. The molecule has 0 spiro atoms. The van der Waals surface area contributed by atoms with E-state index in [4.69, 9.17) is 5.26 Å². The van der Waals surface area contributed by atoms with E-state index in [-0.39, 0.29) is 5.88 Å². The molecular weight excluding hydrogens is 221 g/mol. The highest BCUT2D eigenvalue weighted by molar-refractivity contribution is 5.37. The van der Waals surface area contributed by atoms with Crippen molar-refractivity contribution in [2.24, 2.45) is 0 Å². The zero-order chi connectivity index (χ0) is 12.0. The van der Waals surface area contributed by atoms with Gasteiger partial charge in [-0.1, -0.05) is 0 Å². The summed E-state index contributed by atoms with van der Waals surface area (Å²) in [6.45, 7) is -1.39. The van der Waals surface area contributed by atoms with Crippen molar-refractivity contribution in [3.63, 3.8) is 0 Å². The van der Waals surface area contributed by atoms with Crippen LogP contribution in [0.15, 0.2) is 18.3 Å². The van der Waals surface area contributed by atoms with Crippen molar-refractivity contribution in [3.05, 3.63) is 23.9 Å². The van der Waals surface area contributed by atoms with Crippen molar-refractivity contribution in [1.29, 1.82) is 5.26 Å². The van der Waals surface area contributed by atoms with Gasteiger partial charge >= 0.3 is 6.18 Å². The maximum atomic E-state index is 11.8. The van der Waals surface area contributed by atoms with Gasteiger partial charge in [0.05, 0.1) is 0 Å². The quantitative estimate of drug-likeness (QED) is 0.723. The zero-order valence-corrected chi connectivity index (χ0v) is 7.88. The van der Waals surface area contributed by atoms with Gasteiger partial charge in [-0.15, -0.1) is 0 Å². The number of aromatic nitrogens is 1. The van der Waals surface area contributed by atoms with Crippen LogP contribution in [0.5, 0.6) is 5.88 Å². The minimum Gasteiger partial charge on any atom is -0.468 e. The highest BCUT2D eigenvalue weighted by Crippen LogP contribution is 2.16. The Hall–Kier alpha value is -2.21. The molecule has 0 atom stereocenters. The number of ether oxygens (including phenoxy) is 1. The average molecular weight is 226 g/mol. The van der Waals surface area contributed by atoms with Gasteiger partial charge in [-0.05, 0) is 12.0 Å². The van der Waals surface area contributed by atoms with Crippen molar-refractivity contribution >= 4 is 0 Å². The molecule has 0 bridgehead atoms. The van der Waals surface area contributed by atoms with Crippen LogP contribution >= 0.6 is 0 Å². The fraction of sp³-hybridized carbons (Fsp3) is 0.200. The molecule has 0 unspecified atom stereocenters. The fourth-order valence-electron chi connectivity index (χ4n) is 0.796. The van der Waals surface area contributed by atoms with Gasteiger partial charge in [-0.3, -0.25) is 0 Å². The molecule has 0 saturated heterocycles. The topological polar surface area (TPSA) is 45.9 Å². The molecule has 82 valence electrons. The second-order valence-electron chi connectivity index (χ2n) is 2.65. The summed E-state index contributed by atoms with van der Waals surface area (Å²) in [6.07, 6.45) is -3.16. The molecule has 1 rings (SSSR count). The molecule has 16 heavy (non-hydrogen) atoms. The van der Waals surface area contributed by atoms with Crippen LogP contribution in [0.2, 0.25) is 0 Å². The first-order valence-corrected chi connectivity index (χ1v) is 4.07. The Morgan fingerprint density at radius 1 is 1.38 bits per heavy atom. The Kier molecular flexibility index (Phi) is 3.73. The monoisotopic (exact) mass is 226 g/mol. The standard InChI is InChI=1S/C10H5F3N2O/c11-10(12,13)7-16-9-4-3-8(6-15-9)2-1-5-14/h3-4,6H,7H2. The van der Waals surface area contributed by atoms with Gasteiger partial charge in [0.1, 0.15) is 0 Å². The lowest BCUT2D eigenvalue weighted by Crippen LogP contribution is -2.19. The number of rotatable bonds is 2. The second-order valence-corrected chi connectivity index (χ2v) is 2.65. The number of nitrogens with zero attached hydrogens (tertiary/aromatic N) is 2. The van der Waals surface area contributed by atoms with Gasteiger partial charge in [-0.2, -0.15) is 18.4 Å². The number of hydrogen-bond acceptors (Lipinski definition) is 3. The van der Waals surface area contributed by atoms with Crippen molar-refractivity contribution in [2.75, 3.05) is 6.61 Å².